The maximum Gasteiger partial charge on any atom is 0.171 e. The summed E-state index contributed by atoms with van der Waals surface area (Å²) < 4.78 is 7.61. The average Bonchev–Trinajstić information content (AvgIpc) is 3.36. The molecule has 128 valence electrons. The largest absolute Gasteiger partial charge is 0.493 e. The molecular formula is C19H16N6O. The van der Waals surface area contributed by atoms with Gasteiger partial charge in [-0.2, -0.15) is 0 Å². The summed E-state index contributed by atoms with van der Waals surface area (Å²) in [4.78, 5) is 12.8. The van der Waals surface area contributed by atoms with Crippen LogP contribution in [0, 0.1) is 0 Å². The van der Waals surface area contributed by atoms with Gasteiger partial charge < -0.3 is 4.74 Å². The van der Waals surface area contributed by atoms with E-state index in [9.17, 15) is 0 Å². The molecule has 0 N–H and O–H groups in total. The number of rotatable bonds is 4. The number of ether oxygens (including phenoxy) is 1. The first-order chi connectivity index (χ1) is 12.9. The molecule has 0 bridgehead atoms. The first kappa shape index (κ1) is 14.9. The van der Waals surface area contributed by atoms with Crippen LogP contribution < -0.4 is 4.74 Å². The zero-order chi connectivity index (χ0) is 17.3. The maximum atomic E-state index is 5.66. The number of fused-ring (bicyclic) bond motifs is 2. The van der Waals surface area contributed by atoms with Crippen LogP contribution in [-0.4, -0.2) is 36.2 Å². The first-order valence-corrected chi connectivity index (χ1v) is 8.57. The molecule has 1 aromatic carbocycles. The van der Waals surface area contributed by atoms with Gasteiger partial charge in [-0.25, -0.2) is 15.0 Å². The molecule has 0 saturated carbocycles. The highest BCUT2D eigenvalue weighted by molar-refractivity contribution is 5.75. The molecular weight excluding hydrogens is 328 g/mol. The van der Waals surface area contributed by atoms with E-state index in [1.165, 1.54) is 17.5 Å². The summed E-state index contributed by atoms with van der Waals surface area (Å²) in [5, 5.41) is 8.34. The predicted molar refractivity (Wildman–Crippen MR) is 94.9 cm³/mol. The quantitative estimate of drug-likeness (QED) is 0.565. The van der Waals surface area contributed by atoms with Crippen molar-refractivity contribution in [2.45, 2.75) is 19.3 Å². The van der Waals surface area contributed by atoms with Gasteiger partial charge in [0, 0.05) is 48.1 Å². The number of hydrogen-bond donors (Lipinski definition) is 0. The Morgan fingerprint density at radius 1 is 1.08 bits per heavy atom. The monoisotopic (exact) mass is 344 g/mol. The van der Waals surface area contributed by atoms with Crippen LogP contribution in [-0.2, 0) is 19.3 Å². The minimum Gasteiger partial charge on any atom is -0.493 e. The van der Waals surface area contributed by atoms with Crippen LogP contribution in [0.4, 0.5) is 0 Å². The van der Waals surface area contributed by atoms with Gasteiger partial charge in [0.05, 0.1) is 6.61 Å². The highest BCUT2D eigenvalue weighted by atomic mass is 16.5. The number of aryl methyl sites for hydroxylation is 2. The number of nitrogens with zero attached hydrogens (tertiary/aromatic N) is 6. The highest BCUT2D eigenvalue weighted by Gasteiger charge is 2.17. The van der Waals surface area contributed by atoms with Crippen LogP contribution in [0.1, 0.15) is 17.0 Å². The number of hydrogen-bond acceptors (Lipinski definition) is 6. The van der Waals surface area contributed by atoms with Crippen LogP contribution in [0.25, 0.3) is 16.8 Å². The van der Waals surface area contributed by atoms with E-state index in [1.807, 2.05) is 16.7 Å². The molecule has 3 aromatic heterocycles. The molecule has 1 aliphatic heterocycles. The van der Waals surface area contributed by atoms with Crippen LogP contribution >= 0.6 is 0 Å². The lowest BCUT2D eigenvalue weighted by atomic mass is 10.0. The predicted octanol–water partition coefficient (Wildman–Crippen LogP) is 2.30. The molecule has 0 radical (unpaired) electrons. The molecule has 7 heteroatoms. The van der Waals surface area contributed by atoms with Crippen molar-refractivity contribution in [2.75, 3.05) is 6.61 Å². The van der Waals surface area contributed by atoms with Crippen molar-refractivity contribution in [1.29, 1.82) is 0 Å². The molecule has 1 aliphatic rings. The van der Waals surface area contributed by atoms with Crippen LogP contribution in [0.3, 0.4) is 0 Å². The van der Waals surface area contributed by atoms with Gasteiger partial charge in [0.15, 0.2) is 5.65 Å². The van der Waals surface area contributed by atoms with E-state index in [4.69, 9.17) is 4.74 Å². The Balaban J connectivity index is 1.48. The summed E-state index contributed by atoms with van der Waals surface area (Å²) in [7, 11) is 0. The van der Waals surface area contributed by atoms with Gasteiger partial charge in [0.2, 0.25) is 0 Å². The third kappa shape index (κ3) is 2.48. The van der Waals surface area contributed by atoms with Gasteiger partial charge in [-0.15, -0.1) is 10.2 Å². The van der Waals surface area contributed by atoms with E-state index in [2.05, 4.69) is 37.3 Å². The minimum absolute atomic E-state index is 0.770. The van der Waals surface area contributed by atoms with Crippen molar-refractivity contribution in [3.63, 3.8) is 0 Å². The average molecular weight is 344 g/mol. The van der Waals surface area contributed by atoms with Crippen molar-refractivity contribution in [1.82, 2.24) is 29.5 Å². The molecule has 0 fully saturated rings. The lowest BCUT2D eigenvalue weighted by molar-refractivity contribution is 0.357. The molecule has 5 rings (SSSR count). The lowest BCUT2D eigenvalue weighted by Gasteiger charge is -2.09. The second kappa shape index (κ2) is 6.18. The summed E-state index contributed by atoms with van der Waals surface area (Å²) in [6, 6.07) is 6.27. The standard InChI is InChI=1S/C19H16N6O/c1-2-13(15-6-7-26-17(15)3-1)4-5-18-22-10-16(14-8-20-11-21-9-14)19-24-23-12-25(18)19/h1-3,8-12H,4-7H2. The first-order valence-electron chi connectivity index (χ1n) is 8.57. The fourth-order valence-electron chi connectivity index (χ4n) is 3.47. The molecule has 0 amide bonds. The molecule has 0 atom stereocenters. The molecule has 26 heavy (non-hydrogen) atoms. The molecule has 0 aliphatic carbocycles. The topological polar surface area (TPSA) is 78.1 Å². The Kier molecular flexibility index (Phi) is 3.55. The van der Waals surface area contributed by atoms with E-state index in [0.717, 1.165) is 54.2 Å². The minimum atomic E-state index is 0.770. The van der Waals surface area contributed by atoms with Crippen LogP contribution in [0.5, 0.6) is 5.75 Å². The van der Waals surface area contributed by atoms with Crippen molar-refractivity contribution in [3.8, 4) is 16.9 Å². The van der Waals surface area contributed by atoms with E-state index in [-0.39, 0.29) is 0 Å². The second-order valence-corrected chi connectivity index (χ2v) is 6.23. The van der Waals surface area contributed by atoms with Gasteiger partial charge in [-0.05, 0) is 18.1 Å². The zero-order valence-corrected chi connectivity index (χ0v) is 14.0. The van der Waals surface area contributed by atoms with E-state index < -0.39 is 0 Å². The van der Waals surface area contributed by atoms with Gasteiger partial charge in [-0.1, -0.05) is 12.1 Å². The van der Waals surface area contributed by atoms with Gasteiger partial charge in [0.25, 0.3) is 0 Å². The number of benzene rings is 1. The van der Waals surface area contributed by atoms with Gasteiger partial charge in [0.1, 0.15) is 24.2 Å². The van der Waals surface area contributed by atoms with Crippen molar-refractivity contribution >= 4 is 5.65 Å². The van der Waals surface area contributed by atoms with Crippen molar-refractivity contribution < 1.29 is 4.74 Å². The Morgan fingerprint density at radius 3 is 2.92 bits per heavy atom. The third-order valence-corrected chi connectivity index (χ3v) is 4.74. The van der Waals surface area contributed by atoms with E-state index >= 15 is 0 Å². The molecule has 0 saturated heterocycles. The highest BCUT2D eigenvalue weighted by Crippen LogP contribution is 2.29. The second-order valence-electron chi connectivity index (χ2n) is 6.23. The third-order valence-electron chi connectivity index (χ3n) is 4.74. The van der Waals surface area contributed by atoms with E-state index in [1.54, 1.807) is 18.7 Å². The summed E-state index contributed by atoms with van der Waals surface area (Å²) in [6.07, 6.45) is 11.2. The van der Waals surface area contributed by atoms with Crippen molar-refractivity contribution in [2.24, 2.45) is 0 Å². The molecule has 7 nitrogen and oxygen atoms in total. The van der Waals surface area contributed by atoms with E-state index in [0.29, 0.717) is 0 Å². The Labute approximate surface area is 149 Å². The number of aromatic nitrogens is 6. The van der Waals surface area contributed by atoms with Gasteiger partial charge in [-0.3, -0.25) is 4.40 Å². The lowest BCUT2D eigenvalue weighted by Crippen LogP contribution is -2.05. The summed E-state index contributed by atoms with van der Waals surface area (Å²) in [5.74, 6) is 1.95. The Bertz CT molecular complexity index is 1080. The Morgan fingerprint density at radius 2 is 2.00 bits per heavy atom. The summed E-state index contributed by atoms with van der Waals surface area (Å²) in [5.41, 5.74) is 5.17. The van der Waals surface area contributed by atoms with Gasteiger partial charge >= 0.3 is 0 Å². The maximum absolute atomic E-state index is 5.66. The normalized spacial score (nSPS) is 12.9. The molecule has 0 spiro atoms. The summed E-state index contributed by atoms with van der Waals surface area (Å²) in [6.45, 7) is 0.772. The fraction of sp³-hybridized carbons (Fsp3) is 0.211. The molecule has 4 heterocycles. The van der Waals surface area contributed by atoms with Crippen molar-refractivity contribution in [3.05, 3.63) is 66.4 Å². The molecule has 0 unspecified atom stereocenters. The Hall–Kier alpha value is -3.35. The smallest absolute Gasteiger partial charge is 0.171 e. The van der Waals surface area contributed by atoms with Crippen LogP contribution in [0.15, 0.2) is 49.4 Å². The zero-order valence-electron chi connectivity index (χ0n) is 14.0. The summed E-state index contributed by atoms with van der Waals surface area (Å²) >= 11 is 0. The fourth-order valence-corrected chi connectivity index (χ4v) is 3.47. The SMILES string of the molecule is c1cc(CCc2ncc(-c3cncnc3)c3nncn23)c2c(c1)OCC2. The molecule has 4 aromatic rings. The van der Waals surface area contributed by atoms with Crippen LogP contribution in [0.2, 0.25) is 0 Å².